The van der Waals surface area contributed by atoms with Gasteiger partial charge in [-0.05, 0) is 23.6 Å². The van der Waals surface area contributed by atoms with Gasteiger partial charge >= 0.3 is 0 Å². The highest BCUT2D eigenvalue weighted by molar-refractivity contribution is 14.1. The van der Waals surface area contributed by atoms with Crippen LogP contribution in [-0.2, 0) is 11.3 Å². The fourth-order valence-corrected chi connectivity index (χ4v) is 1.08. The van der Waals surface area contributed by atoms with Crippen LogP contribution in [0, 0.1) is 12.0 Å². The molecule has 0 heterocycles. The zero-order chi connectivity index (χ0) is 10.2. The largest absolute Gasteiger partial charge is 0.497 e. The Bertz CT molecular complexity index is 321. The molecular formula is C11H11IO2. The number of halogens is 1. The third-order valence-electron chi connectivity index (χ3n) is 1.61. The summed E-state index contributed by atoms with van der Waals surface area (Å²) in [6.07, 6.45) is 2.62. The standard InChI is InChI=1S/C11H11IO2/c1-13-11-5-3-10(4-6-11)9-14-8-2-7-12/h3-6H,7,9H2,1H3. The monoisotopic (exact) mass is 302 g/mol. The van der Waals surface area contributed by atoms with Gasteiger partial charge < -0.3 is 9.47 Å². The predicted molar refractivity (Wildman–Crippen MR) is 64.4 cm³/mol. The summed E-state index contributed by atoms with van der Waals surface area (Å²) in [6.45, 7) is 0.521. The van der Waals surface area contributed by atoms with Crippen molar-refractivity contribution in [1.82, 2.24) is 0 Å². The van der Waals surface area contributed by atoms with E-state index >= 15 is 0 Å². The van der Waals surface area contributed by atoms with Gasteiger partial charge in [-0.1, -0.05) is 34.7 Å². The smallest absolute Gasteiger partial charge is 0.125 e. The lowest BCUT2D eigenvalue weighted by Gasteiger charge is -2.01. The van der Waals surface area contributed by atoms with Crippen LogP contribution in [0.4, 0.5) is 0 Å². The topological polar surface area (TPSA) is 18.5 Å². The van der Waals surface area contributed by atoms with Gasteiger partial charge in [0.1, 0.15) is 18.5 Å². The van der Waals surface area contributed by atoms with Crippen LogP contribution in [0.3, 0.4) is 0 Å². The van der Waals surface area contributed by atoms with E-state index in [4.69, 9.17) is 9.47 Å². The van der Waals surface area contributed by atoms with Crippen LogP contribution in [0.1, 0.15) is 5.56 Å². The van der Waals surface area contributed by atoms with Crippen molar-refractivity contribution in [2.45, 2.75) is 6.61 Å². The van der Waals surface area contributed by atoms with E-state index in [1.807, 2.05) is 24.3 Å². The summed E-state index contributed by atoms with van der Waals surface area (Å²) in [6, 6.07) is 7.74. The van der Waals surface area contributed by atoms with Crippen molar-refractivity contribution >= 4 is 22.6 Å². The lowest BCUT2D eigenvalue weighted by Crippen LogP contribution is -1.88. The van der Waals surface area contributed by atoms with Crippen molar-refractivity contribution in [1.29, 1.82) is 0 Å². The first-order chi connectivity index (χ1) is 6.86. The summed E-state index contributed by atoms with van der Waals surface area (Å²) in [4.78, 5) is 0. The molecule has 1 rings (SSSR count). The zero-order valence-corrected chi connectivity index (χ0v) is 10.1. The average molecular weight is 302 g/mol. The molecule has 0 N–H and O–H groups in total. The first-order valence-corrected chi connectivity index (χ1v) is 5.68. The molecule has 14 heavy (non-hydrogen) atoms. The summed E-state index contributed by atoms with van der Waals surface area (Å²) in [5.41, 5.74) is 1.09. The number of methoxy groups -OCH3 is 1. The Hall–Kier alpha value is -0.890. The third-order valence-corrected chi connectivity index (χ3v) is 1.99. The second-order valence-electron chi connectivity index (χ2n) is 2.55. The number of ether oxygens (including phenoxy) is 2. The fourth-order valence-electron chi connectivity index (χ4n) is 0.919. The Morgan fingerprint density at radius 1 is 1.29 bits per heavy atom. The van der Waals surface area contributed by atoms with E-state index in [0.717, 1.165) is 15.7 Å². The van der Waals surface area contributed by atoms with Gasteiger partial charge in [0, 0.05) is 0 Å². The SMILES string of the molecule is COc1ccc(COC#CCI)cc1. The number of hydrogen-bond donors (Lipinski definition) is 0. The van der Waals surface area contributed by atoms with E-state index in [0.29, 0.717) is 6.61 Å². The first kappa shape index (κ1) is 11.2. The van der Waals surface area contributed by atoms with Crippen LogP contribution < -0.4 is 4.74 Å². The Labute approximate surface area is 97.7 Å². The molecule has 74 valence electrons. The van der Waals surface area contributed by atoms with Gasteiger partial charge in [0.15, 0.2) is 0 Å². The van der Waals surface area contributed by atoms with Crippen molar-refractivity contribution in [3.63, 3.8) is 0 Å². The van der Waals surface area contributed by atoms with Gasteiger partial charge in [-0.3, -0.25) is 0 Å². The van der Waals surface area contributed by atoms with Gasteiger partial charge in [-0.15, -0.1) is 0 Å². The molecule has 0 aliphatic rings. The Morgan fingerprint density at radius 3 is 2.57 bits per heavy atom. The van der Waals surface area contributed by atoms with Crippen LogP contribution in [0.2, 0.25) is 0 Å². The minimum atomic E-state index is 0.521. The predicted octanol–water partition coefficient (Wildman–Crippen LogP) is 2.61. The average Bonchev–Trinajstić information content (AvgIpc) is 2.25. The number of benzene rings is 1. The van der Waals surface area contributed by atoms with Crippen LogP contribution in [0.5, 0.6) is 5.75 Å². The molecule has 0 unspecified atom stereocenters. The van der Waals surface area contributed by atoms with Crippen LogP contribution in [-0.4, -0.2) is 11.5 Å². The van der Waals surface area contributed by atoms with Crippen LogP contribution in [0.15, 0.2) is 24.3 Å². The lowest BCUT2D eigenvalue weighted by molar-refractivity contribution is 0.264. The number of rotatable bonds is 3. The highest BCUT2D eigenvalue weighted by Gasteiger charge is 1.92. The lowest BCUT2D eigenvalue weighted by atomic mass is 10.2. The van der Waals surface area contributed by atoms with Crippen molar-refractivity contribution in [2.75, 3.05) is 11.5 Å². The minimum Gasteiger partial charge on any atom is -0.497 e. The van der Waals surface area contributed by atoms with Crippen molar-refractivity contribution < 1.29 is 9.47 Å². The van der Waals surface area contributed by atoms with E-state index in [9.17, 15) is 0 Å². The van der Waals surface area contributed by atoms with Crippen LogP contribution in [0.25, 0.3) is 0 Å². The second kappa shape index (κ2) is 6.55. The maximum absolute atomic E-state index is 5.13. The molecule has 3 heteroatoms. The van der Waals surface area contributed by atoms with Gasteiger partial charge in [-0.2, -0.15) is 0 Å². The van der Waals surface area contributed by atoms with E-state index < -0.39 is 0 Å². The molecule has 0 spiro atoms. The second-order valence-corrected chi connectivity index (χ2v) is 3.31. The number of alkyl halides is 1. The maximum atomic E-state index is 5.13. The molecule has 0 saturated carbocycles. The zero-order valence-electron chi connectivity index (χ0n) is 7.92. The van der Waals surface area contributed by atoms with Crippen molar-refractivity contribution in [3.05, 3.63) is 29.8 Å². The molecule has 0 aromatic heterocycles. The third kappa shape index (κ3) is 3.88. The molecule has 0 saturated heterocycles. The van der Waals surface area contributed by atoms with E-state index in [2.05, 4.69) is 34.6 Å². The van der Waals surface area contributed by atoms with E-state index in [1.54, 1.807) is 7.11 Å². The van der Waals surface area contributed by atoms with Crippen LogP contribution >= 0.6 is 22.6 Å². The molecule has 0 radical (unpaired) electrons. The number of hydrogen-bond acceptors (Lipinski definition) is 2. The molecule has 0 aliphatic carbocycles. The Morgan fingerprint density at radius 2 is 2.00 bits per heavy atom. The Balaban J connectivity index is 2.43. The summed E-state index contributed by atoms with van der Waals surface area (Å²) in [7, 11) is 1.65. The summed E-state index contributed by atoms with van der Waals surface area (Å²) in [5, 5.41) is 0. The molecule has 0 fully saturated rings. The summed E-state index contributed by atoms with van der Waals surface area (Å²) in [5.74, 6) is 3.68. The first-order valence-electron chi connectivity index (χ1n) is 4.15. The molecule has 1 aromatic rings. The maximum Gasteiger partial charge on any atom is 0.125 e. The highest BCUT2D eigenvalue weighted by Crippen LogP contribution is 2.11. The van der Waals surface area contributed by atoms with Crippen molar-refractivity contribution in [2.24, 2.45) is 0 Å². The quantitative estimate of drug-likeness (QED) is 0.485. The fraction of sp³-hybridized carbons (Fsp3) is 0.273. The van der Waals surface area contributed by atoms with Gasteiger partial charge in [0.05, 0.1) is 11.5 Å². The normalized spacial score (nSPS) is 8.71. The summed E-state index contributed by atoms with van der Waals surface area (Å²) < 4.78 is 11.0. The molecule has 0 amide bonds. The van der Waals surface area contributed by atoms with Crippen molar-refractivity contribution in [3.8, 4) is 17.8 Å². The Kier molecular flexibility index (Phi) is 5.23. The van der Waals surface area contributed by atoms with Gasteiger partial charge in [-0.25, -0.2) is 0 Å². The van der Waals surface area contributed by atoms with E-state index in [-0.39, 0.29) is 0 Å². The molecule has 1 aromatic carbocycles. The van der Waals surface area contributed by atoms with Gasteiger partial charge in [0.25, 0.3) is 0 Å². The molecule has 0 bridgehead atoms. The van der Waals surface area contributed by atoms with Gasteiger partial charge in [0.2, 0.25) is 0 Å². The highest BCUT2D eigenvalue weighted by atomic mass is 127. The molecule has 0 aliphatic heterocycles. The molecule has 0 atom stereocenters. The molecule has 2 nitrogen and oxygen atoms in total. The molecular weight excluding hydrogens is 291 g/mol. The summed E-state index contributed by atoms with van der Waals surface area (Å²) >= 11 is 2.18. The minimum absolute atomic E-state index is 0.521. The van der Waals surface area contributed by atoms with E-state index in [1.165, 1.54) is 0 Å².